The van der Waals surface area contributed by atoms with Gasteiger partial charge in [-0.3, -0.25) is 14.6 Å². The summed E-state index contributed by atoms with van der Waals surface area (Å²) in [5.41, 5.74) is 2.43. The third-order valence-electron chi connectivity index (χ3n) is 3.33. The number of pyridine rings is 1. The van der Waals surface area contributed by atoms with E-state index in [4.69, 9.17) is 0 Å². The first-order valence-electron chi connectivity index (χ1n) is 7.16. The van der Waals surface area contributed by atoms with Crippen LogP contribution in [0.1, 0.15) is 17.3 Å². The number of anilines is 2. The van der Waals surface area contributed by atoms with Gasteiger partial charge in [-0.1, -0.05) is 24.3 Å². The molecule has 2 aromatic carbocycles. The van der Waals surface area contributed by atoms with Crippen LogP contribution in [0.4, 0.5) is 11.4 Å². The number of carbonyl (C=O) groups is 2. The Bertz CT molecular complexity index is 885. The van der Waals surface area contributed by atoms with Gasteiger partial charge in [0.2, 0.25) is 5.91 Å². The molecule has 0 fully saturated rings. The second kappa shape index (κ2) is 6.27. The van der Waals surface area contributed by atoms with Crippen LogP contribution in [0.5, 0.6) is 0 Å². The van der Waals surface area contributed by atoms with Crippen molar-refractivity contribution in [2.45, 2.75) is 6.92 Å². The molecule has 5 heteroatoms. The fourth-order valence-electron chi connectivity index (χ4n) is 2.34. The van der Waals surface area contributed by atoms with Crippen LogP contribution in [-0.2, 0) is 4.79 Å². The second-order valence-electron chi connectivity index (χ2n) is 5.10. The molecule has 3 aromatic rings. The summed E-state index contributed by atoms with van der Waals surface area (Å²) in [6.45, 7) is 1.43. The van der Waals surface area contributed by atoms with E-state index in [2.05, 4.69) is 15.6 Å². The summed E-state index contributed by atoms with van der Waals surface area (Å²) in [5.74, 6) is -0.434. The molecule has 23 heavy (non-hydrogen) atoms. The van der Waals surface area contributed by atoms with Crippen molar-refractivity contribution in [2.75, 3.05) is 10.6 Å². The van der Waals surface area contributed by atoms with Crippen molar-refractivity contribution in [1.82, 2.24) is 4.98 Å². The van der Waals surface area contributed by atoms with Gasteiger partial charge < -0.3 is 10.6 Å². The van der Waals surface area contributed by atoms with Gasteiger partial charge in [-0.25, -0.2) is 0 Å². The first-order chi connectivity index (χ1) is 11.1. The molecule has 2 N–H and O–H groups in total. The maximum atomic E-state index is 12.4. The number of aromatic nitrogens is 1. The van der Waals surface area contributed by atoms with Gasteiger partial charge in [0, 0.05) is 29.8 Å². The normalized spacial score (nSPS) is 10.3. The molecule has 0 atom stereocenters. The van der Waals surface area contributed by atoms with Crippen LogP contribution in [0.2, 0.25) is 0 Å². The van der Waals surface area contributed by atoms with Crippen LogP contribution >= 0.6 is 0 Å². The topological polar surface area (TPSA) is 71.1 Å². The maximum absolute atomic E-state index is 12.4. The summed E-state index contributed by atoms with van der Waals surface area (Å²) < 4.78 is 0. The summed E-state index contributed by atoms with van der Waals surface area (Å²) in [6.07, 6.45) is 1.69. The van der Waals surface area contributed by atoms with E-state index in [9.17, 15) is 9.59 Å². The molecule has 5 nitrogen and oxygen atoms in total. The van der Waals surface area contributed by atoms with E-state index in [0.717, 1.165) is 10.9 Å². The van der Waals surface area contributed by atoms with Crippen LogP contribution < -0.4 is 10.6 Å². The third-order valence-corrected chi connectivity index (χ3v) is 3.33. The largest absolute Gasteiger partial charge is 0.326 e. The predicted molar refractivity (Wildman–Crippen MR) is 90.4 cm³/mol. The number of carbonyl (C=O) groups excluding carboxylic acids is 2. The molecule has 0 radical (unpaired) electrons. The molecule has 114 valence electrons. The molecule has 0 aliphatic heterocycles. The van der Waals surface area contributed by atoms with Crippen molar-refractivity contribution in [1.29, 1.82) is 0 Å². The zero-order valence-electron chi connectivity index (χ0n) is 12.5. The molecule has 0 saturated heterocycles. The number of nitrogens with one attached hydrogen (secondary N) is 2. The van der Waals surface area contributed by atoms with Crippen molar-refractivity contribution in [3.8, 4) is 0 Å². The number of amides is 2. The summed E-state index contributed by atoms with van der Waals surface area (Å²) in [4.78, 5) is 27.9. The molecular formula is C18H15N3O2. The Labute approximate surface area is 133 Å². The number of nitrogens with zero attached hydrogens (tertiary/aromatic N) is 1. The smallest absolute Gasteiger partial charge is 0.255 e. The van der Waals surface area contributed by atoms with Crippen LogP contribution in [0.25, 0.3) is 10.9 Å². The average molecular weight is 305 g/mol. The fraction of sp³-hybridized carbons (Fsp3) is 0.0556. The highest BCUT2D eigenvalue weighted by Crippen LogP contribution is 2.21. The van der Waals surface area contributed by atoms with Gasteiger partial charge in [-0.05, 0) is 30.3 Å². The van der Waals surface area contributed by atoms with Crippen molar-refractivity contribution in [3.63, 3.8) is 0 Å². The minimum atomic E-state index is -0.254. The first-order valence-corrected chi connectivity index (χ1v) is 7.16. The molecule has 2 amide bonds. The lowest BCUT2D eigenvalue weighted by Gasteiger charge is -2.09. The number of benzene rings is 2. The number of hydrogen-bond donors (Lipinski definition) is 2. The van der Waals surface area contributed by atoms with Crippen molar-refractivity contribution >= 4 is 34.1 Å². The Hall–Kier alpha value is -3.21. The van der Waals surface area contributed by atoms with Crippen LogP contribution in [0.15, 0.2) is 60.8 Å². The van der Waals surface area contributed by atoms with E-state index in [-0.39, 0.29) is 11.8 Å². The monoisotopic (exact) mass is 305 g/mol. The highest BCUT2D eigenvalue weighted by atomic mass is 16.2. The highest BCUT2D eigenvalue weighted by molar-refractivity contribution is 6.08. The molecule has 0 aliphatic rings. The lowest BCUT2D eigenvalue weighted by molar-refractivity contribution is -0.114. The first kappa shape index (κ1) is 14.7. The third kappa shape index (κ3) is 3.35. The van der Waals surface area contributed by atoms with Gasteiger partial charge in [-0.2, -0.15) is 0 Å². The minimum absolute atomic E-state index is 0.180. The van der Waals surface area contributed by atoms with E-state index < -0.39 is 0 Å². The number of rotatable bonds is 3. The Balaban J connectivity index is 1.88. The standard InChI is InChI=1S/C18H15N3O2/c1-12(22)20-15-8-2-6-14(11-15)18(23)21-16-9-3-5-13-7-4-10-19-17(13)16/h2-11H,1H3,(H,20,22)(H,21,23). The molecule has 0 bridgehead atoms. The van der Waals surface area contributed by atoms with Crippen LogP contribution in [0.3, 0.4) is 0 Å². The molecule has 0 aliphatic carbocycles. The van der Waals surface area contributed by atoms with E-state index in [1.54, 1.807) is 30.5 Å². The highest BCUT2D eigenvalue weighted by Gasteiger charge is 2.09. The van der Waals surface area contributed by atoms with Crippen LogP contribution in [-0.4, -0.2) is 16.8 Å². The SMILES string of the molecule is CC(=O)Nc1cccc(C(=O)Nc2cccc3cccnc23)c1. The summed E-state index contributed by atoms with van der Waals surface area (Å²) >= 11 is 0. The maximum Gasteiger partial charge on any atom is 0.255 e. The zero-order chi connectivity index (χ0) is 16.2. The molecule has 1 aromatic heterocycles. The van der Waals surface area contributed by atoms with Crippen molar-refractivity contribution in [2.24, 2.45) is 0 Å². The lowest BCUT2D eigenvalue weighted by Crippen LogP contribution is -2.13. The minimum Gasteiger partial charge on any atom is -0.326 e. The Morgan fingerprint density at radius 2 is 1.74 bits per heavy atom. The molecular weight excluding hydrogens is 290 g/mol. The quantitative estimate of drug-likeness (QED) is 0.778. The van der Waals surface area contributed by atoms with E-state index in [1.807, 2.05) is 30.3 Å². The number of fused-ring (bicyclic) bond motifs is 1. The number of para-hydroxylation sites is 1. The van der Waals surface area contributed by atoms with Gasteiger partial charge in [0.1, 0.15) is 0 Å². The number of hydrogen-bond acceptors (Lipinski definition) is 3. The molecule has 1 heterocycles. The van der Waals surface area contributed by atoms with Gasteiger partial charge >= 0.3 is 0 Å². The van der Waals surface area contributed by atoms with E-state index >= 15 is 0 Å². The second-order valence-corrected chi connectivity index (χ2v) is 5.10. The average Bonchev–Trinajstić information content (AvgIpc) is 2.55. The molecule has 0 saturated carbocycles. The molecule has 0 unspecified atom stereocenters. The van der Waals surface area contributed by atoms with Gasteiger partial charge in [0.25, 0.3) is 5.91 Å². The lowest BCUT2D eigenvalue weighted by atomic mass is 10.1. The Kier molecular flexibility index (Phi) is 4.01. The Morgan fingerprint density at radius 3 is 2.57 bits per heavy atom. The zero-order valence-corrected chi connectivity index (χ0v) is 12.5. The van der Waals surface area contributed by atoms with Crippen LogP contribution in [0, 0.1) is 0 Å². The Morgan fingerprint density at radius 1 is 0.957 bits per heavy atom. The summed E-state index contributed by atoms with van der Waals surface area (Å²) in [6, 6.07) is 16.2. The summed E-state index contributed by atoms with van der Waals surface area (Å²) in [7, 11) is 0. The van der Waals surface area contributed by atoms with E-state index in [0.29, 0.717) is 16.9 Å². The van der Waals surface area contributed by atoms with Crippen molar-refractivity contribution < 1.29 is 9.59 Å². The molecule has 0 spiro atoms. The van der Waals surface area contributed by atoms with Gasteiger partial charge in [0.15, 0.2) is 0 Å². The molecule has 3 rings (SSSR count). The predicted octanol–water partition coefficient (Wildman–Crippen LogP) is 3.45. The van der Waals surface area contributed by atoms with E-state index in [1.165, 1.54) is 6.92 Å². The van der Waals surface area contributed by atoms with Crippen molar-refractivity contribution in [3.05, 3.63) is 66.4 Å². The summed E-state index contributed by atoms with van der Waals surface area (Å²) in [5, 5.41) is 6.49. The fourth-order valence-corrected chi connectivity index (χ4v) is 2.34. The van der Waals surface area contributed by atoms with Gasteiger partial charge in [-0.15, -0.1) is 0 Å². The van der Waals surface area contributed by atoms with Gasteiger partial charge in [0.05, 0.1) is 11.2 Å².